The van der Waals surface area contributed by atoms with Crippen LogP contribution in [0, 0.1) is 17.8 Å². The molecule has 0 spiro atoms. The van der Waals surface area contributed by atoms with Crippen molar-refractivity contribution in [2.24, 2.45) is 23.5 Å². The second-order valence-electron chi connectivity index (χ2n) is 6.61. The minimum absolute atomic E-state index is 0. The average Bonchev–Trinajstić information content (AvgIpc) is 3.27. The number of hydrogen-bond donors (Lipinski definition) is 2. The van der Waals surface area contributed by atoms with Crippen LogP contribution >= 0.6 is 12.4 Å². The molecule has 3 N–H and O–H groups in total. The highest BCUT2D eigenvalue weighted by atomic mass is 35.5. The Morgan fingerprint density at radius 2 is 1.85 bits per heavy atom. The van der Waals surface area contributed by atoms with Gasteiger partial charge in [0.1, 0.15) is 0 Å². The van der Waals surface area contributed by atoms with Crippen LogP contribution in [-0.4, -0.2) is 18.5 Å². The van der Waals surface area contributed by atoms with Crippen molar-refractivity contribution < 1.29 is 4.79 Å². The van der Waals surface area contributed by atoms with Crippen molar-refractivity contribution in [1.82, 2.24) is 5.32 Å². The van der Waals surface area contributed by atoms with Crippen LogP contribution in [0.2, 0.25) is 0 Å². The molecule has 0 heterocycles. The van der Waals surface area contributed by atoms with E-state index in [9.17, 15) is 4.79 Å². The van der Waals surface area contributed by atoms with Gasteiger partial charge in [0.15, 0.2) is 0 Å². The van der Waals surface area contributed by atoms with Gasteiger partial charge < -0.3 is 11.1 Å². The predicted molar refractivity (Wildman–Crippen MR) is 85.9 cm³/mol. The number of nitrogens with one attached hydrogen (secondary N) is 1. The van der Waals surface area contributed by atoms with E-state index >= 15 is 0 Å². The second-order valence-corrected chi connectivity index (χ2v) is 6.61. The zero-order chi connectivity index (χ0) is 13.7. The molecule has 2 fully saturated rings. The molecule has 0 aromatic carbocycles. The summed E-state index contributed by atoms with van der Waals surface area (Å²) in [5, 5.41) is 3.07. The lowest BCUT2D eigenvalue weighted by Gasteiger charge is -2.28. The van der Waals surface area contributed by atoms with Crippen molar-refractivity contribution in [1.29, 1.82) is 0 Å². The fourth-order valence-corrected chi connectivity index (χ4v) is 3.26. The number of carbonyl (C=O) groups excluding carboxylic acids is 1. The van der Waals surface area contributed by atoms with Gasteiger partial charge in [0, 0.05) is 18.5 Å². The van der Waals surface area contributed by atoms with Crippen molar-refractivity contribution in [3.63, 3.8) is 0 Å². The van der Waals surface area contributed by atoms with E-state index < -0.39 is 0 Å². The first-order valence-corrected chi connectivity index (χ1v) is 8.24. The standard InChI is InChI=1S/C16H30N2O.ClH/c1-2-3-4-12-5-7-14(8-6-12)16(19)18-11-15(17)13-9-10-13;/h12-15H,2-11,17H2,1H3,(H,18,19);1H. The normalized spacial score (nSPS) is 27.5. The molecule has 0 radical (unpaired) electrons. The van der Waals surface area contributed by atoms with E-state index in [1.54, 1.807) is 0 Å². The molecule has 2 saturated carbocycles. The van der Waals surface area contributed by atoms with E-state index in [1.807, 2.05) is 0 Å². The molecule has 0 bridgehead atoms. The van der Waals surface area contributed by atoms with E-state index in [-0.39, 0.29) is 30.3 Å². The maximum Gasteiger partial charge on any atom is 0.223 e. The molecule has 2 aliphatic rings. The Kier molecular flexibility index (Phi) is 7.90. The van der Waals surface area contributed by atoms with Crippen molar-refractivity contribution in [2.75, 3.05) is 6.54 Å². The molecule has 0 aromatic rings. The SMILES string of the molecule is CCCCC1CCC(C(=O)NCC(N)C2CC2)CC1.Cl. The van der Waals surface area contributed by atoms with Gasteiger partial charge in [0.25, 0.3) is 0 Å². The van der Waals surface area contributed by atoms with Crippen molar-refractivity contribution in [2.45, 2.75) is 70.8 Å². The van der Waals surface area contributed by atoms with Crippen LogP contribution in [0.3, 0.4) is 0 Å². The van der Waals surface area contributed by atoms with Crippen LogP contribution in [0.5, 0.6) is 0 Å². The van der Waals surface area contributed by atoms with Gasteiger partial charge >= 0.3 is 0 Å². The molecule has 20 heavy (non-hydrogen) atoms. The van der Waals surface area contributed by atoms with E-state index in [0.717, 1.165) is 18.8 Å². The van der Waals surface area contributed by atoms with Crippen LogP contribution in [0.4, 0.5) is 0 Å². The zero-order valence-electron chi connectivity index (χ0n) is 12.8. The fourth-order valence-electron chi connectivity index (χ4n) is 3.26. The van der Waals surface area contributed by atoms with Crippen molar-refractivity contribution >= 4 is 18.3 Å². The number of rotatable bonds is 7. The molecule has 0 saturated heterocycles. The first kappa shape index (κ1) is 17.8. The lowest BCUT2D eigenvalue weighted by Crippen LogP contribution is -2.41. The van der Waals surface area contributed by atoms with E-state index in [0.29, 0.717) is 12.5 Å². The molecule has 4 heteroatoms. The molecular weight excluding hydrogens is 272 g/mol. The number of amides is 1. The summed E-state index contributed by atoms with van der Waals surface area (Å²) in [6.45, 7) is 2.93. The Balaban J connectivity index is 0.00000200. The quantitative estimate of drug-likeness (QED) is 0.758. The Bertz CT molecular complexity index is 286. The summed E-state index contributed by atoms with van der Waals surface area (Å²) in [5.74, 6) is 2.05. The van der Waals surface area contributed by atoms with Crippen LogP contribution < -0.4 is 11.1 Å². The monoisotopic (exact) mass is 302 g/mol. The minimum Gasteiger partial charge on any atom is -0.354 e. The van der Waals surface area contributed by atoms with Gasteiger partial charge in [-0.2, -0.15) is 0 Å². The molecule has 1 unspecified atom stereocenters. The molecule has 2 aliphatic carbocycles. The van der Waals surface area contributed by atoms with Gasteiger partial charge in [-0.05, 0) is 50.4 Å². The second kappa shape index (κ2) is 8.89. The number of halogens is 1. The molecule has 2 rings (SSSR count). The number of nitrogens with two attached hydrogens (primary N) is 1. The lowest BCUT2D eigenvalue weighted by atomic mass is 9.79. The van der Waals surface area contributed by atoms with E-state index in [2.05, 4.69) is 12.2 Å². The van der Waals surface area contributed by atoms with Gasteiger partial charge in [-0.15, -0.1) is 12.4 Å². The zero-order valence-corrected chi connectivity index (χ0v) is 13.6. The number of unbranched alkanes of at least 4 members (excludes halogenated alkanes) is 1. The third-order valence-corrected chi connectivity index (χ3v) is 4.92. The summed E-state index contributed by atoms with van der Waals surface area (Å²) in [4.78, 5) is 12.1. The summed E-state index contributed by atoms with van der Waals surface area (Å²) in [5.41, 5.74) is 6.02. The Hall–Kier alpha value is -0.280. The number of hydrogen-bond acceptors (Lipinski definition) is 2. The number of carbonyl (C=O) groups is 1. The topological polar surface area (TPSA) is 55.1 Å². The highest BCUT2D eigenvalue weighted by Gasteiger charge is 2.30. The van der Waals surface area contributed by atoms with Crippen molar-refractivity contribution in [3.8, 4) is 0 Å². The first-order valence-electron chi connectivity index (χ1n) is 8.24. The fraction of sp³-hybridized carbons (Fsp3) is 0.938. The molecule has 0 aromatic heterocycles. The Morgan fingerprint density at radius 3 is 2.40 bits per heavy atom. The summed E-state index contributed by atoms with van der Waals surface area (Å²) < 4.78 is 0. The van der Waals surface area contributed by atoms with Gasteiger partial charge in [0.05, 0.1) is 0 Å². The smallest absolute Gasteiger partial charge is 0.223 e. The highest BCUT2D eigenvalue weighted by molar-refractivity contribution is 5.85. The summed E-state index contributed by atoms with van der Waals surface area (Å²) in [7, 11) is 0. The predicted octanol–water partition coefficient (Wildman–Crippen LogP) is 3.26. The Labute approximate surface area is 129 Å². The maximum absolute atomic E-state index is 12.1. The van der Waals surface area contributed by atoms with Crippen LogP contribution in [0.25, 0.3) is 0 Å². The van der Waals surface area contributed by atoms with Crippen molar-refractivity contribution in [3.05, 3.63) is 0 Å². The summed E-state index contributed by atoms with van der Waals surface area (Å²) >= 11 is 0. The van der Waals surface area contributed by atoms with Gasteiger partial charge in [-0.3, -0.25) is 4.79 Å². The summed E-state index contributed by atoms with van der Waals surface area (Å²) in [6, 6.07) is 0.185. The minimum atomic E-state index is 0. The third-order valence-electron chi connectivity index (χ3n) is 4.92. The Morgan fingerprint density at radius 1 is 1.20 bits per heavy atom. The lowest BCUT2D eigenvalue weighted by molar-refractivity contribution is -0.126. The van der Waals surface area contributed by atoms with Gasteiger partial charge in [-0.25, -0.2) is 0 Å². The molecule has 3 nitrogen and oxygen atoms in total. The van der Waals surface area contributed by atoms with Crippen LogP contribution in [0.15, 0.2) is 0 Å². The largest absolute Gasteiger partial charge is 0.354 e. The third kappa shape index (κ3) is 5.61. The molecular formula is C16H31ClN2O. The first-order chi connectivity index (χ1) is 9.20. The highest BCUT2D eigenvalue weighted by Crippen LogP contribution is 2.33. The van der Waals surface area contributed by atoms with E-state index in [1.165, 1.54) is 44.9 Å². The van der Waals surface area contributed by atoms with Crippen LogP contribution in [0.1, 0.15) is 64.7 Å². The molecule has 1 amide bonds. The molecule has 1 atom stereocenters. The molecule has 0 aliphatic heterocycles. The van der Waals surface area contributed by atoms with Crippen LogP contribution in [-0.2, 0) is 4.79 Å². The molecule has 118 valence electrons. The van der Waals surface area contributed by atoms with Gasteiger partial charge in [0.2, 0.25) is 5.91 Å². The van der Waals surface area contributed by atoms with Gasteiger partial charge in [-0.1, -0.05) is 26.2 Å². The summed E-state index contributed by atoms with van der Waals surface area (Å²) in [6.07, 6.45) is 11.1. The van der Waals surface area contributed by atoms with E-state index in [4.69, 9.17) is 5.73 Å². The maximum atomic E-state index is 12.1. The average molecular weight is 303 g/mol.